The number of hydrogen-bond donors (Lipinski definition) is 2. The van der Waals surface area contributed by atoms with Gasteiger partial charge in [0.15, 0.2) is 6.61 Å². The smallest absolute Gasteiger partial charge is 0.258 e. The van der Waals surface area contributed by atoms with Crippen LogP contribution in [0.1, 0.15) is 29.7 Å². The van der Waals surface area contributed by atoms with Crippen LogP contribution in [-0.4, -0.2) is 50.4 Å². The Bertz CT molecular complexity index is 1600. The van der Waals surface area contributed by atoms with Crippen molar-refractivity contribution in [2.75, 3.05) is 19.7 Å². The molecule has 0 spiro atoms. The van der Waals surface area contributed by atoms with Gasteiger partial charge in [0.05, 0.1) is 23.7 Å². The number of carbonyl (C=O) groups is 2. The summed E-state index contributed by atoms with van der Waals surface area (Å²) in [6.45, 7) is 1.51. The summed E-state index contributed by atoms with van der Waals surface area (Å²) >= 11 is 0. The summed E-state index contributed by atoms with van der Waals surface area (Å²) in [5.41, 5.74) is 5.05. The number of hydrogen-bond acceptors (Lipinski definition) is 6. The lowest BCUT2D eigenvalue weighted by atomic mass is 10.1. The fourth-order valence-corrected chi connectivity index (χ4v) is 5.62. The van der Waals surface area contributed by atoms with Crippen LogP contribution in [0, 0.1) is 0 Å². The Kier molecular flexibility index (Phi) is 11.2. The van der Waals surface area contributed by atoms with Crippen LogP contribution in [0.15, 0.2) is 125 Å². The molecule has 0 aliphatic heterocycles. The molecule has 0 radical (unpaired) electrons. The summed E-state index contributed by atoms with van der Waals surface area (Å²) in [5.74, 6) is -0.305. The largest absolute Gasteiger partial charge is 0.484 e. The Labute approximate surface area is 252 Å². The van der Waals surface area contributed by atoms with Crippen LogP contribution < -0.4 is 15.5 Å². The highest BCUT2D eigenvalue weighted by Gasteiger charge is 2.26. The minimum Gasteiger partial charge on any atom is -0.484 e. The van der Waals surface area contributed by atoms with Crippen molar-refractivity contribution in [2.45, 2.75) is 24.3 Å². The van der Waals surface area contributed by atoms with Gasteiger partial charge in [-0.3, -0.25) is 9.59 Å². The van der Waals surface area contributed by atoms with Gasteiger partial charge in [0.2, 0.25) is 10.0 Å². The molecule has 4 aromatic rings. The fraction of sp³-hybridized carbons (Fsp3) is 0.182. The van der Waals surface area contributed by atoms with E-state index in [4.69, 9.17) is 4.74 Å². The van der Waals surface area contributed by atoms with E-state index in [0.717, 1.165) is 15.4 Å². The van der Waals surface area contributed by atoms with Crippen LogP contribution in [-0.2, 0) is 26.0 Å². The van der Waals surface area contributed by atoms with Crippen LogP contribution in [0.25, 0.3) is 0 Å². The minimum absolute atomic E-state index is 0.116. The van der Waals surface area contributed by atoms with Gasteiger partial charge < -0.3 is 10.1 Å². The molecule has 9 nitrogen and oxygen atoms in total. The highest BCUT2D eigenvalue weighted by atomic mass is 32.2. The van der Waals surface area contributed by atoms with Gasteiger partial charge in [-0.05, 0) is 66.4 Å². The normalized spacial score (nSPS) is 12.1. The number of benzene rings is 4. The first kappa shape index (κ1) is 31.1. The molecule has 222 valence electrons. The van der Waals surface area contributed by atoms with Crippen molar-refractivity contribution in [3.8, 4) is 5.75 Å². The van der Waals surface area contributed by atoms with Gasteiger partial charge in [-0.15, -0.1) is 0 Å². The summed E-state index contributed by atoms with van der Waals surface area (Å²) in [7, 11) is -3.90. The summed E-state index contributed by atoms with van der Waals surface area (Å²) in [4.78, 5) is 25.1. The van der Waals surface area contributed by atoms with Crippen molar-refractivity contribution in [2.24, 2.45) is 5.10 Å². The second-order valence-electron chi connectivity index (χ2n) is 9.74. The highest BCUT2D eigenvalue weighted by Crippen LogP contribution is 2.16. The van der Waals surface area contributed by atoms with E-state index in [1.54, 1.807) is 42.5 Å². The second-order valence-corrected chi connectivity index (χ2v) is 11.7. The Morgan fingerprint density at radius 3 is 2.09 bits per heavy atom. The molecule has 1 atom stereocenters. The monoisotopic (exact) mass is 598 g/mol. The molecule has 0 fully saturated rings. The molecule has 0 heterocycles. The molecule has 0 aromatic heterocycles. The van der Waals surface area contributed by atoms with Crippen LogP contribution in [0.5, 0.6) is 5.75 Å². The van der Waals surface area contributed by atoms with E-state index in [1.165, 1.54) is 18.3 Å². The van der Waals surface area contributed by atoms with E-state index >= 15 is 0 Å². The number of hydrazone groups is 1. The lowest BCUT2D eigenvalue weighted by Gasteiger charge is -2.21. The number of nitrogens with zero attached hydrogens (tertiary/aromatic N) is 2. The van der Waals surface area contributed by atoms with E-state index in [1.807, 2.05) is 67.6 Å². The van der Waals surface area contributed by atoms with Crippen molar-refractivity contribution in [3.05, 3.63) is 132 Å². The zero-order valence-electron chi connectivity index (χ0n) is 23.8. The molecule has 2 N–H and O–H groups in total. The average molecular weight is 599 g/mol. The molecule has 2 amide bonds. The van der Waals surface area contributed by atoms with E-state index in [9.17, 15) is 18.0 Å². The Hall–Kier alpha value is -4.80. The molecular formula is C33H34N4O5S. The maximum absolute atomic E-state index is 13.3. The summed E-state index contributed by atoms with van der Waals surface area (Å²) in [6.07, 6.45) is 1.89. The third-order valence-electron chi connectivity index (χ3n) is 6.52. The van der Waals surface area contributed by atoms with Gasteiger partial charge in [0, 0.05) is 6.54 Å². The molecule has 0 unspecified atom stereocenters. The summed E-state index contributed by atoms with van der Waals surface area (Å²) in [5, 5.41) is 6.88. The topological polar surface area (TPSA) is 117 Å². The molecule has 43 heavy (non-hydrogen) atoms. The molecule has 0 saturated carbocycles. The Morgan fingerprint density at radius 1 is 0.837 bits per heavy atom. The lowest BCUT2D eigenvalue weighted by molar-refractivity contribution is -0.124. The van der Waals surface area contributed by atoms with Crippen molar-refractivity contribution >= 4 is 28.1 Å². The SMILES string of the molecule is C[C@H](NC(=O)COc1ccc(/C=N\NC(=O)CN(CCc2ccccc2)S(=O)(=O)c2ccccc2)cc1)c1ccccc1. The molecule has 0 aliphatic rings. The van der Waals surface area contributed by atoms with Gasteiger partial charge in [0.25, 0.3) is 11.8 Å². The van der Waals surface area contributed by atoms with Crippen LogP contribution in [0.2, 0.25) is 0 Å². The zero-order valence-corrected chi connectivity index (χ0v) is 24.6. The van der Waals surface area contributed by atoms with E-state index in [0.29, 0.717) is 17.7 Å². The maximum atomic E-state index is 13.3. The Morgan fingerprint density at radius 2 is 1.44 bits per heavy atom. The summed E-state index contributed by atoms with van der Waals surface area (Å²) in [6, 6.07) is 33.9. The predicted octanol–water partition coefficient (Wildman–Crippen LogP) is 4.33. The van der Waals surface area contributed by atoms with Crippen molar-refractivity contribution in [1.29, 1.82) is 0 Å². The second kappa shape index (κ2) is 15.4. The van der Waals surface area contributed by atoms with Crippen molar-refractivity contribution < 1.29 is 22.7 Å². The van der Waals surface area contributed by atoms with Crippen molar-refractivity contribution in [3.63, 3.8) is 0 Å². The number of ether oxygens (including phenoxy) is 1. The fourth-order valence-electron chi connectivity index (χ4n) is 4.21. The molecular weight excluding hydrogens is 564 g/mol. The number of amides is 2. The third kappa shape index (κ3) is 9.63. The van der Waals surface area contributed by atoms with Crippen LogP contribution >= 0.6 is 0 Å². The van der Waals surface area contributed by atoms with Gasteiger partial charge in [-0.2, -0.15) is 9.41 Å². The molecule has 0 aliphatic carbocycles. The van der Waals surface area contributed by atoms with E-state index in [-0.39, 0.29) is 36.5 Å². The lowest BCUT2D eigenvalue weighted by Crippen LogP contribution is -2.40. The number of rotatable bonds is 14. The molecule has 0 saturated heterocycles. The number of carbonyl (C=O) groups excluding carboxylic acids is 2. The Balaban J connectivity index is 1.28. The first-order valence-electron chi connectivity index (χ1n) is 13.8. The van der Waals surface area contributed by atoms with Gasteiger partial charge in [0.1, 0.15) is 5.75 Å². The van der Waals surface area contributed by atoms with Crippen LogP contribution in [0.4, 0.5) is 0 Å². The standard InChI is InChI=1S/C33H34N4O5S/c1-26(29-13-7-3-8-14-29)35-33(39)25-42-30-19-17-28(18-20-30)23-34-36-32(38)24-37(22-21-27-11-5-2-6-12-27)43(40,41)31-15-9-4-10-16-31/h2-20,23,26H,21-22,24-25H2,1H3,(H,35,39)(H,36,38)/b34-23-/t26-/m0/s1. The van der Waals surface area contributed by atoms with E-state index in [2.05, 4.69) is 15.8 Å². The number of nitrogens with one attached hydrogen (secondary N) is 2. The molecule has 4 aromatic carbocycles. The quantitative estimate of drug-likeness (QED) is 0.166. The first-order chi connectivity index (χ1) is 20.8. The highest BCUT2D eigenvalue weighted by molar-refractivity contribution is 7.89. The predicted molar refractivity (Wildman–Crippen MR) is 166 cm³/mol. The maximum Gasteiger partial charge on any atom is 0.258 e. The van der Waals surface area contributed by atoms with Gasteiger partial charge in [-0.1, -0.05) is 78.9 Å². The first-order valence-corrected chi connectivity index (χ1v) is 15.2. The van der Waals surface area contributed by atoms with E-state index < -0.39 is 15.9 Å². The average Bonchev–Trinajstić information content (AvgIpc) is 3.04. The van der Waals surface area contributed by atoms with Crippen molar-refractivity contribution in [1.82, 2.24) is 15.0 Å². The zero-order chi connectivity index (χ0) is 30.5. The van der Waals surface area contributed by atoms with Gasteiger partial charge >= 0.3 is 0 Å². The third-order valence-corrected chi connectivity index (χ3v) is 8.38. The van der Waals surface area contributed by atoms with Gasteiger partial charge in [-0.25, -0.2) is 13.8 Å². The molecule has 0 bridgehead atoms. The van der Waals surface area contributed by atoms with Crippen LogP contribution in [0.3, 0.4) is 0 Å². The molecule has 4 rings (SSSR count). The molecule has 10 heteroatoms. The summed E-state index contributed by atoms with van der Waals surface area (Å²) < 4.78 is 33.3. The minimum atomic E-state index is -3.90. The number of sulfonamides is 1.